The van der Waals surface area contributed by atoms with E-state index in [1.165, 1.54) is 4.90 Å². The van der Waals surface area contributed by atoms with Gasteiger partial charge in [-0.3, -0.25) is 14.5 Å². The van der Waals surface area contributed by atoms with E-state index >= 15 is 0 Å². The molecular formula is C25H28ClN3O3. The number of likely N-dealkylation sites (N-methyl/N-ethyl adjacent to an activating group) is 1. The molecule has 0 atom stereocenters. The lowest BCUT2D eigenvalue weighted by atomic mass is 10.0. The van der Waals surface area contributed by atoms with Crippen molar-refractivity contribution in [3.05, 3.63) is 70.4 Å². The molecule has 0 bridgehead atoms. The average molecular weight is 454 g/mol. The van der Waals surface area contributed by atoms with E-state index in [4.69, 9.17) is 16.3 Å². The molecule has 6 nitrogen and oxygen atoms in total. The predicted octanol–water partition coefficient (Wildman–Crippen LogP) is 3.66. The molecule has 1 saturated heterocycles. The van der Waals surface area contributed by atoms with Crippen LogP contribution < -0.4 is 4.74 Å². The molecule has 0 spiro atoms. The first-order valence-electron chi connectivity index (χ1n) is 11.0. The van der Waals surface area contributed by atoms with Crippen LogP contribution >= 0.6 is 11.6 Å². The Balaban J connectivity index is 1.69. The van der Waals surface area contributed by atoms with Crippen LogP contribution in [-0.4, -0.2) is 66.3 Å². The second-order valence-corrected chi connectivity index (χ2v) is 8.58. The van der Waals surface area contributed by atoms with Gasteiger partial charge in [0.15, 0.2) is 0 Å². The van der Waals surface area contributed by atoms with Crippen molar-refractivity contribution in [1.82, 2.24) is 14.7 Å². The minimum Gasteiger partial charge on any atom is -0.494 e. The van der Waals surface area contributed by atoms with Gasteiger partial charge in [0.05, 0.1) is 18.7 Å². The van der Waals surface area contributed by atoms with Crippen molar-refractivity contribution in [3.63, 3.8) is 0 Å². The van der Waals surface area contributed by atoms with E-state index < -0.39 is 0 Å². The number of imide groups is 1. The lowest BCUT2D eigenvalue weighted by molar-refractivity contribution is -0.138. The first kappa shape index (κ1) is 22.4. The number of carbonyl (C=O) groups excluding carboxylic acids is 2. The van der Waals surface area contributed by atoms with Crippen molar-refractivity contribution in [2.45, 2.75) is 19.9 Å². The molecule has 2 aromatic rings. The lowest BCUT2D eigenvalue weighted by Crippen LogP contribution is -2.46. The Labute approximate surface area is 194 Å². The van der Waals surface area contributed by atoms with E-state index in [0.29, 0.717) is 36.0 Å². The normalized spacial score (nSPS) is 17.5. The third-order valence-corrected chi connectivity index (χ3v) is 6.23. The van der Waals surface area contributed by atoms with Gasteiger partial charge in [0.1, 0.15) is 11.4 Å². The number of halogens is 1. The largest absolute Gasteiger partial charge is 0.494 e. The van der Waals surface area contributed by atoms with Crippen molar-refractivity contribution in [2.24, 2.45) is 0 Å². The van der Waals surface area contributed by atoms with Crippen molar-refractivity contribution in [1.29, 1.82) is 0 Å². The van der Waals surface area contributed by atoms with E-state index in [1.54, 1.807) is 6.07 Å². The standard InChI is InChI=1S/C25H28ClN3O3/c1-3-16-32-20-10-8-18(9-11-20)22-23(28-14-12-27(2)13-15-28)25(31)29(24(22)30)17-19-6-4-5-7-21(19)26/h4-11H,3,12-17H2,1-2H3. The quantitative estimate of drug-likeness (QED) is 0.599. The third-order valence-electron chi connectivity index (χ3n) is 5.87. The van der Waals surface area contributed by atoms with E-state index in [1.807, 2.05) is 47.4 Å². The summed E-state index contributed by atoms with van der Waals surface area (Å²) in [5.74, 6) is 0.203. The SMILES string of the molecule is CCCOc1ccc(C2=C(N3CCN(C)CC3)C(=O)N(Cc3ccccc3Cl)C2=O)cc1. The second kappa shape index (κ2) is 9.76. The molecule has 4 rings (SSSR count). The number of piperazine rings is 1. The molecule has 0 unspecified atom stereocenters. The average Bonchev–Trinajstić information content (AvgIpc) is 3.05. The van der Waals surface area contributed by atoms with Gasteiger partial charge in [0, 0.05) is 31.2 Å². The Morgan fingerprint density at radius 1 is 0.938 bits per heavy atom. The number of hydrogen-bond acceptors (Lipinski definition) is 5. The Morgan fingerprint density at radius 3 is 2.28 bits per heavy atom. The van der Waals surface area contributed by atoms with Crippen LogP contribution in [0.15, 0.2) is 54.2 Å². The van der Waals surface area contributed by atoms with Crippen molar-refractivity contribution < 1.29 is 14.3 Å². The molecule has 2 aliphatic heterocycles. The second-order valence-electron chi connectivity index (χ2n) is 8.17. The lowest BCUT2D eigenvalue weighted by Gasteiger charge is -2.34. The molecule has 2 aromatic carbocycles. The summed E-state index contributed by atoms with van der Waals surface area (Å²) in [6.45, 7) is 5.92. The van der Waals surface area contributed by atoms with Gasteiger partial charge in [-0.1, -0.05) is 48.9 Å². The number of nitrogens with zero attached hydrogens (tertiary/aromatic N) is 3. The minimum absolute atomic E-state index is 0.149. The smallest absolute Gasteiger partial charge is 0.278 e. The third kappa shape index (κ3) is 4.52. The number of benzene rings is 2. The molecule has 0 saturated carbocycles. The van der Waals surface area contributed by atoms with Gasteiger partial charge in [-0.05, 0) is 42.8 Å². The summed E-state index contributed by atoms with van der Waals surface area (Å²) in [6.07, 6.45) is 0.921. The molecule has 2 amide bonds. The summed E-state index contributed by atoms with van der Waals surface area (Å²) in [4.78, 5) is 32.6. The van der Waals surface area contributed by atoms with E-state index in [0.717, 1.165) is 36.4 Å². The van der Waals surface area contributed by atoms with E-state index in [-0.39, 0.29) is 18.4 Å². The fourth-order valence-electron chi connectivity index (χ4n) is 4.03. The Kier molecular flexibility index (Phi) is 6.82. The maximum atomic E-state index is 13.5. The van der Waals surface area contributed by atoms with Gasteiger partial charge in [-0.25, -0.2) is 0 Å². The van der Waals surface area contributed by atoms with Crippen LogP contribution in [0.4, 0.5) is 0 Å². The molecule has 1 fully saturated rings. The van der Waals surface area contributed by atoms with Crippen LogP contribution in [0.25, 0.3) is 5.57 Å². The van der Waals surface area contributed by atoms with Crippen LogP contribution in [0.2, 0.25) is 5.02 Å². The van der Waals surface area contributed by atoms with Gasteiger partial charge in [-0.15, -0.1) is 0 Å². The molecule has 168 valence electrons. The van der Waals surface area contributed by atoms with E-state index in [2.05, 4.69) is 18.9 Å². The van der Waals surface area contributed by atoms with Crippen LogP contribution in [0, 0.1) is 0 Å². The zero-order chi connectivity index (χ0) is 22.7. The van der Waals surface area contributed by atoms with Gasteiger partial charge in [0.2, 0.25) is 0 Å². The van der Waals surface area contributed by atoms with Crippen LogP contribution in [0.3, 0.4) is 0 Å². The topological polar surface area (TPSA) is 53.1 Å². The summed E-state index contributed by atoms with van der Waals surface area (Å²) in [5, 5.41) is 0.542. The molecule has 32 heavy (non-hydrogen) atoms. The van der Waals surface area contributed by atoms with Crippen LogP contribution in [0.5, 0.6) is 5.75 Å². The predicted molar refractivity (Wildman–Crippen MR) is 125 cm³/mol. The number of rotatable bonds is 7. The Morgan fingerprint density at radius 2 is 1.62 bits per heavy atom. The molecule has 7 heteroatoms. The molecule has 0 aliphatic carbocycles. The van der Waals surface area contributed by atoms with Gasteiger partial charge in [-0.2, -0.15) is 0 Å². The molecular weight excluding hydrogens is 426 g/mol. The summed E-state index contributed by atoms with van der Waals surface area (Å²) in [5.41, 5.74) is 2.41. The molecule has 0 radical (unpaired) electrons. The fraction of sp³-hybridized carbons (Fsp3) is 0.360. The first-order valence-corrected chi connectivity index (χ1v) is 11.4. The maximum absolute atomic E-state index is 13.5. The summed E-state index contributed by atoms with van der Waals surface area (Å²) >= 11 is 6.32. The summed E-state index contributed by atoms with van der Waals surface area (Å²) < 4.78 is 5.68. The highest BCUT2D eigenvalue weighted by molar-refractivity contribution is 6.35. The number of amides is 2. The number of carbonyl (C=O) groups is 2. The van der Waals surface area contributed by atoms with Crippen molar-refractivity contribution >= 4 is 29.0 Å². The summed E-state index contributed by atoms with van der Waals surface area (Å²) in [6, 6.07) is 14.7. The van der Waals surface area contributed by atoms with Gasteiger partial charge in [0.25, 0.3) is 11.8 Å². The number of hydrogen-bond donors (Lipinski definition) is 0. The van der Waals surface area contributed by atoms with Crippen molar-refractivity contribution in [3.8, 4) is 5.75 Å². The Bertz CT molecular complexity index is 1030. The summed E-state index contributed by atoms with van der Waals surface area (Å²) in [7, 11) is 2.06. The molecule has 2 heterocycles. The van der Waals surface area contributed by atoms with Gasteiger partial charge < -0.3 is 14.5 Å². The zero-order valence-electron chi connectivity index (χ0n) is 18.5. The van der Waals surface area contributed by atoms with Crippen LogP contribution in [-0.2, 0) is 16.1 Å². The van der Waals surface area contributed by atoms with Crippen LogP contribution in [0.1, 0.15) is 24.5 Å². The molecule has 0 aromatic heterocycles. The molecule has 2 aliphatic rings. The van der Waals surface area contributed by atoms with Gasteiger partial charge >= 0.3 is 0 Å². The first-order chi connectivity index (χ1) is 15.5. The fourth-order valence-corrected chi connectivity index (χ4v) is 4.22. The number of ether oxygens (including phenoxy) is 1. The van der Waals surface area contributed by atoms with E-state index in [9.17, 15) is 9.59 Å². The highest BCUT2D eigenvalue weighted by Crippen LogP contribution is 2.34. The monoisotopic (exact) mass is 453 g/mol. The zero-order valence-corrected chi connectivity index (χ0v) is 19.3. The van der Waals surface area contributed by atoms with Crippen molar-refractivity contribution in [2.75, 3.05) is 39.8 Å². The minimum atomic E-state index is -0.286. The highest BCUT2D eigenvalue weighted by atomic mass is 35.5. The highest BCUT2D eigenvalue weighted by Gasteiger charge is 2.42. The maximum Gasteiger partial charge on any atom is 0.278 e. The Hall–Kier alpha value is -2.83. The molecule has 0 N–H and O–H groups in total.